The second-order valence-corrected chi connectivity index (χ2v) is 14.0. The summed E-state index contributed by atoms with van der Waals surface area (Å²) in [4.78, 5) is 24.8. The second kappa shape index (κ2) is 9.39. The van der Waals surface area contributed by atoms with E-state index in [-0.39, 0.29) is 17.3 Å². The number of hydrogen-bond acceptors (Lipinski definition) is 6. The molecular formula is C26H32N2O6S2. The fraction of sp³-hybridized carbons (Fsp3) is 0.462. The van der Waals surface area contributed by atoms with Crippen molar-refractivity contribution in [3.8, 4) is 0 Å². The number of rotatable bonds is 7. The number of carboxylic acid groups (broad SMARTS) is 1. The van der Waals surface area contributed by atoms with E-state index in [4.69, 9.17) is 4.42 Å². The van der Waals surface area contributed by atoms with Gasteiger partial charge in [-0.1, -0.05) is 27.2 Å². The number of nitrogens with zero attached hydrogens (tertiary/aromatic N) is 1. The number of carbonyl (C=O) groups is 2. The maximum absolute atomic E-state index is 13.6. The van der Waals surface area contributed by atoms with Crippen LogP contribution in [0.3, 0.4) is 0 Å². The zero-order valence-corrected chi connectivity index (χ0v) is 22.8. The van der Waals surface area contributed by atoms with Crippen molar-refractivity contribution < 1.29 is 27.5 Å². The Kier molecular flexibility index (Phi) is 6.91. The third-order valence-corrected chi connectivity index (χ3v) is 9.98. The number of furan rings is 1. The Morgan fingerprint density at radius 2 is 1.89 bits per heavy atom. The zero-order chi connectivity index (χ0) is 26.5. The van der Waals surface area contributed by atoms with Crippen molar-refractivity contribution in [2.24, 2.45) is 5.41 Å². The number of anilines is 1. The van der Waals surface area contributed by atoms with E-state index in [1.165, 1.54) is 23.9 Å². The van der Waals surface area contributed by atoms with Gasteiger partial charge in [0.15, 0.2) is 0 Å². The summed E-state index contributed by atoms with van der Waals surface area (Å²) < 4.78 is 33.5. The van der Waals surface area contributed by atoms with Crippen LogP contribution in [0.25, 0.3) is 21.9 Å². The minimum atomic E-state index is -4.07. The maximum atomic E-state index is 13.6. The lowest BCUT2D eigenvalue weighted by Crippen LogP contribution is -2.58. The summed E-state index contributed by atoms with van der Waals surface area (Å²) in [7, 11) is -4.07. The van der Waals surface area contributed by atoms with Gasteiger partial charge in [-0.3, -0.25) is 9.59 Å². The topological polar surface area (TPSA) is 117 Å². The predicted molar refractivity (Wildman–Crippen MR) is 143 cm³/mol. The second-order valence-electron chi connectivity index (χ2n) is 10.4. The molecule has 1 aromatic heterocycles. The Morgan fingerprint density at radius 3 is 2.56 bits per heavy atom. The van der Waals surface area contributed by atoms with Gasteiger partial charge in [0.1, 0.15) is 17.2 Å². The monoisotopic (exact) mass is 532 g/mol. The number of sulfonamides is 1. The molecule has 2 aromatic carbocycles. The van der Waals surface area contributed by atoms with Crippen molar-refractivity contribution >= 4 is 61.3 Å². The van der Waals surface area contributed by atoms with Crippen molar-refractivity contribution in [1.82, 2.24) is 4.31 Å². The van der Waals surface area contributed by atoms with Crippen LogP contribution < -0.4 is 5.32 Å². The molecule has 1 aliphatic heterocycles. The molecule has 0 aliphatic carbocycles. The molecule has 0 radical (unpaired) electrons. The van der Waals surface area contributed by atoms with Crippen LogP contribution >= 0.6 is 11.8 Å². The van der Waals surface area contributed by atoms with Crippen LogP contribution in [0.5, 0.6) is 0 Å². The van der Waals surface area contributed by atoms with Crippen molar-refractivity contribution in [3.63, 3.8) is 0 Å². The third kappa shape index (κ3) is 4.73. The molecule has 8 nitrogen and oxygen atoms in total. The van der Waals surface area contributed by atoms with Crippen LogP contribution in [0.4, 0.5) is 5.69 Å². The highest BCUT2D eigenvalue weighted by Crippen LogP contribution is 2.39. The lowest BCUT2D eigenvalue weighted by atomic mass is 9.87. The molecule has 1 unspecified atom stereocenters. The normalized spacial score (nSPS) is 19.0. The van der Waals surface area contributed by atoms with E-state index < -0.39 is 32.2 Å². The van der Waals surface area contributed by atoms with Gasteiger partial charge in [0.25, 0.3) is 0 Å². The van der Waals surface area contributed by atoms with Gasteiger partial charge < -0.3 is 14.8 Å². The molecule has 0 spiro atoms. The van der Waals surface area contributed by atoms with E-state index in [1.54, 1.807) is 38.1 Å². The molecule has 0 bridgehead atoms. The Hall–Kier alpha value is -2.56. The van der Waals surface area contributed by atoms with Crippen molar-refractivity contribution in [3.05, 3.63) is 36.4 Å². The minimum Gasteiger partial charge on any atom is -0.480 e. The van der Waals surface area contributed by atoms with Gasteiger partial charge in [0, 0.05) is 45.0 Å². The van der Waals surface area contributed by atoms with E-state index >= 15 is 0 Å². The van der Waals surface area contributed by atoms with Crippen molar-refractivity contribution in [2.45, 2.75) is 63.1 Å². The summed E-state index contributed by atoms with van der Waals surface area (Å²) in [6.45, 7) is 9.48. The van der Waals surface area contributed by atoms with Crippen LogP contribution in [0, 0.1) is 5.41 Å². The quantitative estimate of drug-likeness (QED) is 0.423. The van der Waals surface area contributed by atoms with Gasteiger partial charge in [-0.05, 0) is 50.6 Å². The van der Waals surface area contributed by atoms with Crippen molar-refractivity contribution in [2.75, 3.05) is 17.6 Å². The summed E-state index contributed by atoms with van der Waals surface area (Å²) in [6.07, 6.45) is 1.66. The number of carbonyl (C=O) groups excluding carboxylic acids is 1. The van der Waals surface area contributed by atoms with E-state index in [0.717, 1.165) is 17.1 Å². The fourth-order valence-corrected chi connectivity index (χ4v) is 7.92. The molecule has 1 saturated heterocycles. The number of benzene rings is 2. The molecule has 3 aromatic rings. The summed E-state index contributed by atoms with van der Waals surface area (Å²) >= 11 is 1.46. The first-order valence-electron chi connectivity index (χ1n) is 11.9. The lowest BCUT2D eigenvalue weighted by Gasteiger charge is -2.42. The van der Waals surface area contributed by atoms with Gasteiger partial charge in [0.2, 0.25) is 15.9 Å². The van der Waals surface area contributed by atoms with Crippen LogP contribution in [-0.4, -0.2) is 52.8 Å². The SMILES string of the molecule is CCCC(C)(C)C(=O)Nc1ccc2c(c1)oc1ccc(S(=O)(=O)N3CCSC(C)(C)C3C(=O)O)cc12. The number of carboxylic acids is 1. The molecule has 2 N–H and O–H groups in total. The molecular weight excluding hydrogens is 500 g/mol. The number of amides is 1. The van der Waals surface area contributed by atoms with E-state index in [9.17, 15) is 23.1 Å². The van der Waals surface area contributed by atoms with Crippen LogP contribution in [-0.2, 0) is 19.6 Å². The van der Waals surface area contributed by atoms with Gasteiger partial charge in [-0.15, -0.1) is 0 Å². The molecule has 194 valence electrons. The Balaban J connectivity index is 1.70. The summed E-state index contributed by atoms with van der Waals surface area (Å²) in [5.74, 6) is -0.734. The minimum absolute atomic E-state index is 0.0188. The van der Waals surface area contributed by atoms with E-state index in [0.29, 0.717) is 33.4 Å². The number of hydrogen-bond donors (Lipinski definition) is 2. The lowest BCUT2D eigenvalue weighted by molar-refractivity contribution is -0.142. The molecule has 2 heterocycles. The molecule has 1 aliphatic rings. The molecule has 4 rings (SSSR count). The highest BCUT2D eigenvalue weighted by Gasteiger charge is 2.48. The van der Waals surface area contributed by atoms with Gasteiger partial charge in [0.05, 0.1) is 4.90 Å². The average molecular weight is 533 g/mol. The summed E-state index contributed by atoms with van der Waals surface area (Å²) in [6, 6.07) is 8.68. The summed E-state index contributed by atoms with van der Waals surface area (Å²) in [5, 5.41) is 14.1. The number of nitrogens with one attached hydrogen (secondary N) is 1. The van der Waals surface area contributed by atoms with Gasteiger partial charge >= 0.3 is 5.97 Å². The Labute approximate surface area is 215 Å². The maximum Gasteiger partial charge on any atom is 0.323 e. The predicted octanol–water partition coefficient (Wildman–Crippen LogP) is 5.32. The largest absolute Gasteiger partial charge is 0.480 e. The first-order chi connectivity index (χ1) is 16.8. The first kappa shape index (κ1) is 26.5. The summed E-state index contributed by atoms with van der Waals surface area (Å²) in [5.41, 5.74) is 1.12. The molecule has 36 heavy (non-hydrogen) atoms. The fourth-order valence-electron chi connectivity index (χ4n) is 4.80. The molecule has 1 fully saturated rings. The van der Waals surface area contributed by atoms with E-state index in [1.807, 2.05) is 20.8 Å². The van der Waals surface area contributed by atoms with Crippen molar-refractivity contribution in [1.29, 1.82) is 0 Å². The Bertz CT molecular complexity index is 1440. The smallest absolute Gasteiger partial charge is 0.323 e. The van der Waals surface area contributed by atoms with Crippen LogP contribution in [0.2, 0.25) is 0 Å². The molecule has 0 saturated carbocycles. The number of fused-ring (bicyclic) bond motifs is 3. The molecule has 1 amide bonds. The van der Waals surface area contributed by atoms with Gasteiger partial charge in [-0.25, -0.2) is 8.42 Å². The average Bonchev–Trinajstić information content (AvgIpc) is 3.14. The molecule has 10 heteroatoms. The zero-order valence-electron chi connectivity index (χ0n) is 21.1. The first-order valence-corrected chi connectivity index (χ1v) is 14.4. The number of aliphatic carboxylic acids is 1. The highest BCUT2D eigenvalue weighted by molar-refractivity contribution is 8.00. The highest BCUT2D eigenvalue weighted by atomic mass is 32.2. The van der Waals surface area contributed by atoms with Crippen LogP contribution in [0.15, 0.2) is 45.7 Å². The Morgan fingerprint density at radius 1 is 1.17 bits per heavy atom. The number of thioether (sulfide) groups is 1. The van der Waals surface area contributed by atoms with E-state index in [2.05, 4.69) is 5.32 Å². The standard InChI is InChI=1S/C26H32N2O6S2/c1-6-11-25(2,3)24(31)27-16-7-9-18-19-15-17(8-10-20(19)34-21(18)14-16)36(32,33)28-12-13-35-26(4,5)22(28)23(29)30/h7-10,14-15,22H,6,11-13H2,1-5H3,(H,27,31)(H,29,30). The van der Waals surface area contributed by atoms with Gasteiger partial charge in [-0.2, -0.15) is 16.1 Å². The van der Waals surface area contributed by atoms with Crippen LogP contribution in [0.1, 0.15) is 47.5 Å². The molecule has 1 atom stereocenters. The third-order valence-electron chi connectivity index (χ3n) is 6.76.